The second-order valence-electron chi connectivity index (χ2n) is 7.55. The van der Waals surface area contributed by atoms with Crippen molar-refractivity contribution in [2.45, 2.75) is 18.9 Å². The summed E-state index contributed by atoms with van der Waals surface area (Å²) >= 11 is 12.2. The van der Waals surface area contributed by atoms with Crippen molar-refractivity contribution in [1.82, 2.24) is 9.88 Å². The standard InChI is InChI=1S/C23H21Cl2N3O4/c1-27(2)23(30)20-13-28(17-5-3-4-6-18(17)31-20)22(29)10-9-21-26-12-19(32-21)15-8-7-14(24)11-16(15)25/h3-8,11-12,20H,9-10,13H2,1-2H3. The smallest absolute Gasteiger partial charge is 0.265 e. The Morgan fingerprint density at radius 3 is 2.72 bits per heavy atom. The van der Waals surface area contributed by atoms with Gasteiger partial charge in [-0.25, -0.2) is 4.98 Å². The maximum atomic E-state index is 13.1. The number of para-hydroxylation sites is 2. The molecule has 1 unspecified atom stereocenters. The number of amides is 2. The molecule has 32 heavy (non-hydrogen) atoms. The summed E-state index contributed by atoms with van der Waals surface area (Å²) in [7, 11) is 3.32. The van der Waals surface area contributed by atoms with E-state index in [1.165, 1.54) is 4.90 Å². The maximum absolute atomic E-state index is 13.1. The highest BCUT2D eigenvalue weighted by Crippen LogP contribution is 2.34. The van der Waals surface area contributed by atoms with Crippen LogP contribution in [-0.2, 0) is 16.0 Å². The van der Waals surface area contributed by atoms with Crippen LogP contribution in [0, 0.1) is 0 Å². The van der Waals surface area contributed by atoms with Gasteiger partial charge >= 0.3 is 0 Å². The Hall–Kier alpha value is -3.03. The number of hydrogen-bond acceptors (Lipinski definition) is 5. The molecular weight excluding hydrogens is 453 g/mol. The van der Waals surface area contributed by atoms with Gasteiger partial charge in [0.05, 0.1) is 23.5 Å². The first-order valence-electron chi connectivity index (χ1n) is 10.0. The third kappa shape index (κ3) is 4.59. The van der Waals surface area contributed by atoms with Gasteiger partial charge in [0.15, 0.2) is 17.8 Å². The van der Waals surface area contributed by atoms with Gasteiger partial charge in [-0.2, -0.15) is 0 Å². The molecule has 0 aliphatic carbocycles. The molecule has 1 aliphatic heterocycles. The largest absolute Gasteiger partial charge is 0.476 e. The number of carbonyl (C=O) groups excluding carboxylic acids is 2. The number of fused-ring (bicyclic) bond motifs is 1. The van der Waals surface area contributed by atoms with Crippen molar-refractivity contribution in [3.8, 4) is 17.1 Å². The van der Waals surface area contributed by atoms with Crippen LogP contribution in [0.5, 0.6) is 5.75 Å². The Labute approximate surface area is 195 Å². The predicted octanol–water partition coefficient (Wildman–Crippen LogP) is 4.46. The summed E-state index contributed by atoms with van der Waals surface area (Å²) in [5.74, 6) is 1.07. The van der Waals surface area contributed by atoms with E-state index >= 15 is 0 Å². The number of nitrogens with zero attached hydrogens (tertiary/aromatic N) is 3. The molecule has 7 nitrogen and oxygen atoms in total. The molecule has 0 bridgehead atoms. The number of hydrogen-bond donors (Lipinski definition) is 0. The van der Waals surface area contributed by atoms with Gasteiger partial charge in [-0.3, -0.25) is 9.59 Å². The Balaban J connectivity index is 1.48. The van der Waals surface area contributed by atoms with Gasteiger partial charge in [0.2, 0.25) is 5.91 Å². The average Bonchev–Trinajstić information content (AvgIpc) is 3.24. The van der Waals surface area contributed by atoms with Crippen LogP contribution in [0.15, 0.2) is 53.1 Å². The Morgan fingerprint density at radius 1 is 1.19 bits per heavy atom. The predicted molar refractivity (Wildman–Crippen MR) is 122 cm³/mol. The molecule has 0 N–H and O–H groups in total. The van der Waals surface area contributed by atoms with Gasteiger partial charge in [-0.1, -0.05) is 35.3 Å². The fraction of sp³-hybridized carbons (Fsp3) is 0.261. The zero-order valence-electron chi connectivity index (χ0n) is 17.5. The number of oxazole rings is 1. The van der Waals surface area contributed by atoms with Crippen molar-refractivity contribution in [1.29, 1.82) is 0 Å². The summed E-state index contributed by atoms with van der Waals surface area (Å²) in [5.41, 5.74) is 1.31. The van der Waals surface area contributed by atoms with E-state index in [1.807, 2.05) is 6.07 Å². The van der Waals surface area contributed by atoms with Crippen LogP contribution >= 0.6 is 23.2 Å². The number of carbonyl (C=O) groups is 2. The van der Waals surface area contributed by atoms with Crippen LogP contribution in [-0.4, -0.2) is 48.4 Å². The summed E-state index contributed by atoms with van der Waals surface area (Å²) in [4.78, 5) is 32.9. The highest BCUT2D eigenvalue weighted by Gasteiger charge is 2.34. The van der Waals surface area contributed by atoms with E-state index in [2.05, 4.69) is 4.98 Å². The molecule has 2 aromatic carbocycles. The maximum Gasteiger partial charge on any atom is 0.265 e. The van der Waals surface area contributed by atoms with Crippen molar-refractivity contribution in [2.75, 3.05) is 25.5 Å². The number of ether oxygens (including phenoxy) is 1. The summed E-state index contributed by atoms with van der Waals surface area (Å²) < 4.78 is 11.6. The first-order chi connectivity index (χ1) is 15.3. The number of benzene rings is 2. The van der Waals surface area contributed by atoms with Gasteiger partial charge < -0.3 is 19.0 Å². The fourth-order valence-electron chi connectivity index (χ4n) is 3.48. The zero-order chi connectivity index (χ0) is 22.8. The summed E-state index contributed by atoms with van der Waals surface area (Å²) in [6.07, 6.45) is 1.27. The molecule has 2 amide bonds. The van der Waals surface area contributed by atoms with E-state index in [-0.39, 0.29) is 24.8 Å². The second-order valence-corrected chi connectivity index (χ2v) is 8.40. The van der Waals surface area contributed by atoms with Crippen molar-refractivity contribution >= 4 is 40.7 Å². The number of halogens is 2. The molecular formula is C23H21Cl2N3O4. The molecule has 4 rings (SSSR count). The molecule has 9 heteroatoms. The molecule has 0 fully saturated rings. The van der Waals surface area contributed by atoms with Crippen molar-refractivity contribution in [2.24, 2.45) is 0 Å². The highest BCUT2D eigenvalue weighted by molar-refractivity contribution is 6.36. The molecule has 0 saturated heterocycles. The van der Waals surface area contributed by atoms with Gasteiger partial charge in [0, 0.05) is 37.5 Å². The highest BCUT2D eigenvalue weighted by atomic mass is 35.5. The summed E-state index contributed by atoms with van der Waals surface area (Å²) in [6, 6.07) is 12.3. The van der Waals surface area contributed by atoms with Gasteiger partial charge in [-0.15, -0.1) is 0 Å². The normalized spacial score (nSPS) is 15.1. The summed E-state index contributed by atoms with van der Waals surface area (Å²) in [6.45, 7) is 0.143. The fourth-order valence-corrected chi connectivity index (χ4v) is 3.98. The van der Waals surface area contributed by atoms with Crippen LogP contribution < -0.4 is 9.64 Å². The van der Waals surface area contributed by atoms with Crippen LogP contribution in [0.2, 0.25) is 10.0 Å². The quantitative estimate of drug-likeness (QED) is 0.546. The molecule has 0 spiro atoms. The lowest BCUT2D eigenvalue weighted by atomic mass is 10.1. The third-order valence-corrected chi connectivity index (χ3v) is 5.64. The Bertz CT molecular complexity index is 1160. The van der Waals surface area contributed by atoms with E-state index in [0.29, 0.717) is 45.1 Å². The molecule has 1 atom stereocenters. The van der Waals surface area contributed by atoms with Crippen molar-refractivity contribution in [3.05, 3.63) is 64.6 Å². The lowest BCUT2D eigenvalue weighted by Crippen LogP contribution is -2.50. The van der Waals surface area contributed by atoms with E-state index in [9.17, 15) is 9.59 Å². The summed E-state index contributed by atoms with van der Waals surface area (Å²) in [5, 5.41) is 0.985. The van der Waals surface area contributed by atoms with Crippen LogP contribution in [0.25, 0.3) is 11.3 Å². The first-order valence-corrected chi connectivity index (χ1v) is 10.8. The minimum Gasteiger partial charge on any atom is -0.476 e. The number of aromatic nitrogens is 1. The molecule has 166 valence electrons. The zero-order valence-corrected chi connectivity index (χ0v) is 19.1. The van der Waals surface area contributed by atoms with E-state index in [1.54, 1.807) is 61.6 Å². The minimum absolute atomic E-state index is 0.143. The van der Waals surface area contributed by atoms with Gasteiger partial charge in [0.25, 0.3) is 5.91 Å². The van der Waals surface area contributed by atoms with E-state index in [0.717, 1.165) is 0 Å². The van der Waals surface area contributed by atoms with Gasteiger partial charge in [-0.05, 0) is 30.3 Å². The SMILES string of the molecule is CN(C)C(=O)C1CN(C(=O)CCc2ncc(-c3ccc(Cl)cc3Cl)o2)c2ccccc2O1. The van der Waals surface area contributed by atoms with Crippen LogP contribution in [0.1, 0.15) is 12.3 Å². The second kappa shape index (κ2) is 9.22. The van der Waals surface area contributed by atoms with Crippen LogP contribution in [0.4, 0.5) is 5.69 Å². The monoisotopic (exact) mass is 473 g/mol. The molecule has 1 aliphatic rings. The Morgan fingerprint density at radius 2 is 1.97 bits per heavy atom. The lowest BCUT2D eigenvalue weighted by Gasteiger charge is -2.35. The molecule has 2 heterocycles. The minimum atomic E-state index is -0.760. The molecule has 1 aromatic heterocycles. The van der Waals surface area contributed by atoms with Gasteiger partial charge in [0.1, 0.15) is 5.75 Å². The van der Waals surface area contributed by atoms with Crippen molar-refractivity contribution < 1.29 is 18.7 Å². The topological polar surface area (TPSA) is 75.9 Å². The average molecular weight is 474 g/mol. The number of aryl methyl sites for hydroxylation is 1. The first kappa shape index (κ1) is 22.2. The van der Waals surface area contributed by atoms with Crippen molar-refractivity contribution in [3.63, 3.8) is 0 Å². The Kier molecular flexibility index (Phi) is 6.39. The van der Waals surface area contributed by atoms with E-state index in [4.69, 9.17) is 32.4 Å². The number of rotatable bonds is 5. The molecule has 0 saturated carbocycles. The third-order valence-electron chi connectivity index (χ3n) is 5.09. The van der Waals surface area contributed by atoms with Crippen LogP contribution in [0.3, 0.4) is 0 Å². The number of anilines is 1. The van der Waals surface area contributed by atoms with E-state index < -0.39 is 6.10 Å². The molecule has 0 radical (unpaired) electrons. The number of likely N-dealkylation sites (N-methyl/N-ethyl adjacent to an activating group) is 1. The molecule has 3 aromatic rings. The lowest BCUT2D eigenvalue weighted by molar-refractivity contribution is -0.136.